The van der Waals surface area contributed by atoms with Crippen LogP contribution in [-0.4, -0.2) is 11.0 Å². The zero-order valence-electron chi connectivity index (χ0n) is 10.9. The van der Waals surface area contributed by atoms with Gasteiger partial charge in [0.05, 0.1) is 5.69 Å². The standard InChI is InChI=1S/C15H18N2O/c1-10-3-4-11(2)14(7-10)15-17-13(9-18-15)8-16-12-5-6-12/h3-4,7,9,12,16H,5-6,8H2,1-2H3. The predicted molar refractivity (Wildman–Crippen MR) is 71.3 cm³/mol. The lowest BCUT2D eigenvalue weighted by molar-refractivity contribution is 0.569. The highest BCUT2D eigenvalue weighted by atomic mass is 16.3. The average Bonchev–Trinajstić information content (AvgIpc) is 3.08. The summed E-state index contributed by atoms with van der Waals surface area (Å²) >= 11 is 0. The molecule has 0 atom stereocenters. The molecule has 1 aliphatic carbocycles. The van der Waals surface area contributed by atoms with E-state index in [0.29, 0.717) is 6.04 Å². The van der Waals surface area contributed by atoms with Crippen LogP contribution < -0.4 is 5.32 Å². The molecule has 94 valence electrons. The van der Waals surface area contributed by atoms with Crippen LogP contribution in [0, 0.1) is 13.8 Å². The van der Waals surface area contributed by atoms with E-state index in [1.165, 1.54) is 24.0 Å². The lowest BCUT2D eigenvalue weighted by Gasteiger charge is -2.02. The summed E-state index contributed by atoms with van der Waals surface area (Å²) in [5.41, 5.74) is 4.50. The van der Waals surface area contributed by atoms with E-state index in [2.05, 4.69) is 42.3 Å². The molecule has 1 aromatic heterocycles. The smallest absolute Gasteiger partial charge is 0.226 e. The highest BCUT2D eigenvalue weighted by Crippen LogP contribution is 2.24. The number of hydrogen-bond acceptors (Lipinski definition) is 3. The van der Waals surface area contributed by atoms with Gasteiger partial charge in [-0.15, -0.1) is 0 Å². The maximum absolute atomic E-state index is 5.59. The van der Waals surface area contributed by atoms with Gasteiger partial charge in [0, 0.05) is 18.2 Å². The second kappa shape index (κ2) is 4.58. The summed E-state index contributed by atoms with van der Waals surface area (Å²) < 4.78 is 5.59. The van der Waals surface area contributed by atoms with E-state index in [0.717, 1.165) is 23.7 Å². The first kappa shape index (κ1) is 11.5. The first-order valence-electron chi connectivity index (χ1n) is 6.48. The molecule has 1 aliphatic rings. The lowest BCUT2D eigenvalue weighted by Crippen LogP contribution is -2.15. The first-order chi connectivity index (χ1) is 8.72. The Morgan fingerprint density at radius 3 is 2.94 bits per heavy atom. The minimum atomic E-state index is 0.700. The lowest BCUT2D eigenvalue weighted by atomic mass is 10.1. The van der Waals surface area contributed by atoms with Crippen LogP contribution in [0.2, 0.25) is 0 Å². The summed E-state index contributed by atoms with van der Waals surface area (Å²) in [6.45, 7) is 4.97. The van der Waals surface area contributed by atoms with Crippen molar-refractivity contribution in [3.05, 3.63) is 41.3 Å². The Balaban J connectivity index is 1.80. The van der Waals surface area contributed by atoms with Crippen molar-refractivity contribution in [2.24, 2.45) is 0 Å². The third-order valence-electron chi connectivity index (χ3n) is 3.32. The Hall–Kier alpha value is -1.61. The fourth-order valence-corrected chi connectivity index (χ4v) is 2.01. The van der Waals surface area contributed by atoms with Crippen molar-refractivity contribution in [2.75, 3.05) is 0 Å². The van der Waals surface area contributed by atoms with Gasteiger partial charge in [0.25, 0.3) is 0 Å². The van der Waals surface area contributed by atoms with Crippen LogP contribution in [0.15, 0.2) is 28.9 Å². The minimum absolute atomic E-state index is 0.700. The van der Waals surface area contributed by atoms with Gasteiger partial charge < -0.3 is 9.73 Å². The van der Waals surface area contributed by atoms with E-state index in [4.69, 9.17) is 4.42 Å². The SMILES string of the molecule is Cc1ccc(C)c(-c2nc(CNC3CC3)co2)c1. The van der Waals surface area contributed by atoms with Crippen LogP contribution in [0.3, 0.4) is 0 Å². The molecule has 3 nitrogen and oxygen atoms in total. The van der Waals surface area contributed by atoms with Gasteiger partial charge in [-0.1, -0.05) is 17.7 Å². The molecule has 2 aromatic rings. The van der Waals surface area contributed by atoms with E-state index < -0.39 is 0 Å². The number of nitrogens with zero attached hydrogens (tertiary/aromatic N) is 1. The molecular formula is C15H18N2O. The van der Waals surface area contributed by atoms with Crippen LogP contribution >= 0.6 is 0 Å². The van der Waals surface area contributed by atoms with Gasteiger partial charge in [-0.2, -0.15) is 0 Å². The molecule has 1 saturated carbocycles. The fraction of sp³-hybridized carbons (Fsp3) is 0.400. The Labute approximate surface area is 107 Å². The van der Waals surface area contributed by atoms with E-state index in [-0.39, 0.29) is 0 Å². The first-order valence-corrected chi connectivity index (χ1v) is 6.48. The Kier molecular flexibility index (Phi) is 2.92. The summed E-state index contributed by atoms with van der Waals surface area (Å²) in [5.74, 6) is 0.726. The van der Waals surface area contributed by atoms with Crippen molar-refractivity contribution in [3.63, 3.8) is 0 Å². The number of oxazole rings is 1. The van der Waals surface area contributed by atoms with E-state index in [1.54, 1.807) is 6.26 Å². The number of aromatic nitrogens is 1. The Morgan fingerprint density at radius 2 is 2.17 bits per heavy atom. The molecule has 3 heteroatoms. The molecule has 1 fully saturated rings. The van der Waals surface area contributed by atoms with Crippen LogP contribution in [0.4, 0.5) is 0 Å². The van der Waals surface area contributed by atoms with Crippen molar-refractivity contribution < 1.29 is 4.42 Å². The number of aryl methyl sites for hydroxylation is 2. The Morgan fingerprint density at radius 1 is 1.33 bits per heavy atom. The van der Waals surface area contributed by atoms with Crippen molar-refractivity contribution in [3.8, 4) is 11.5 Å². The zero-order valence-corrected chi connectivity index (χ0v) is 10.9. The van der Waals surface area contributed by atoms with Crippen molar-refractivity contribution in [2.45, 2.75) is 39.3 Å². The van der Waals surface area contributed by atoms with E-state index in [9.17, 15) is 0 Å². The van der Waals surface area contributed by atoms with Gasteiger partial charge in [-0.25, -0.2) is 4.98 Å². The summed E-state index contributed by atoms with van der Waals surface area (Å²) in [5, 5.41) is 3.44. The van der Waals surface area contributed by atoms with Gasteiger partial charge in [-0.05, 0) is 38.3 Å². The summed E-state index contributed by atoms with van der Waals surface area (Å²) in [6.07, 6.45) is 4.34. The molecule has 0 saturated heterocycles. The molecule has 0 bridgehead atoms. The molecule has 0 aliphatic heterocycles. The maximum Gasteiger partial charge on any atom is 0.226 e. The van der Waals surface area contributed by atoms with Gasteiger partial charge in [0.1, 0.15) is 6.26 Å². The van der Waals surface area contributed by atoms with Crippen molar-refractivity contribution in [1.82, 2.24) is 10.3 Å². The van der Waals surface area contributed by atoms with Crippen LogP contribution in [-0.2, 0) is 6.54 Å². The number of benzene rings is 1. The quantitative estimate of drug-likeness (QED) is 0.894. The van der Waals surface area contributed by atoms with Gasteiger partial charge in [0.15, 0.2) is 0 Å². The molecule has 3 rings (SSSR count). The molecule has 0 radical (unpaired) electrons. The van der Waals surface area contributed by atoms with E-state index in [1.807, 2.05) is 0 Å². The van der Waals surface area contributed by atoms with Crippen LogP contribution in [0.5, 0.6) is 0 Å². The van der Waals surface area contributed by atoms with Gasteiger partial charge >= 0.3 is 0 Å². The predicted octanol–water partition coefficient (Wildman–Crippen LogP) is 3.21. The van der Waals surface area contributed by atoms with Crippen molar-refractivity contribution >= 4 is 0 Å². The summed E-state index contributed by atoms with van der Waals surface area (Å²) in [4.78, 5) is 4.55. The van der Waals surface area contributed by atoms with Crippen molar-refractivity contribution in [1.29, 1.82) is 0 Å². The number of hydrogen-bond donors (Lipinski definition) is 1. The average molecular weight is 242 g/mol. The van der Waals surface area contributed by atoms with Crippen LogP contribution in [0.1, 0.15) is 29.7 Å². The molecule has 1 aromatic carbocycles. The van der Waals surface area contributed by atoms with E-state index >= 15 is 0 Å². The topological polar surface area (TPSA) is 38.1 Å². The van der Waals surface area contributed by atoms with Gasteiger partial charge in [-0.3, -0.25) is 0 Å². The summed E-state index contributed by atoms with van der Waals surface area (Å²) in [6, 6.07) is 7.04. The zero-order chi connectivity index (χ0) is 12.5. The molecule has 1 N–H and O–H groups in total. The number of rotatable bonds is 4. The van der Waals surface area contributed by atoms with Crippen LogP contribution in [0.25, 0.3) is 11.5 Å². The highest BCUT2D eigenvalue weighted by Gasteiger charge is 2.20. The molecule has 0 amide bonds. The third kappa shape index (κ3) is 2.46. The highest BCUT2D eigenvalue weighted by molar-refractivity contribution is 5.59. The maximum atomic E-state index is 5.59. The molecule has 0 unspecified atom stereocenters. The Bertz CT molecular complexity index is 555. The molecular weight excluding hydrogens is 224 g/mol. The second-order valence-corrected chi connectivity index (χ2v) is 5.12. The normalized spacial score (nSPS) is 15.0. The van der Waals surface area contributed by atoms with Gasteiger partial charge in [0.2, 0.25) is 5.89 Å². The third-order valence-corrected chi connectivity index (χ3v) is 3.32. The molecule has 0 spiro atoms. The monoisotopic (exact) mass is 242 g/mol. The second-order valence-electron chi connectivity index (χ2n) is 5.12. The molecule has 1 heterocycles. The minimum Gasteiger partial charge on any atom is -0.444 e. The molecule has 18 heavy (non-hydrogen) atoms. The summed E-state index contributed by atoms with van der Waals surface area (Å²) in [7, 11) is 0. The number of nitrogens with one attached hydrogen (secondary N) is 1. The largest absolute Gasteiger partial charge is 0.444 e. The fourth-order valence-electron chi connectivity index (χ4n) is 2.01.